The summed E-state index contributed by atoms with van der Waals surface area (Å²) in [6.07, 6.45) is 1.70. The molecule has 2 aromatic rings. The van der Waals surface area contributed by atoms with Crippen molar-refractivity contribution in [3.8, 4) is 5.75 Å². The van der Waals surface area contributed by atoms with Crippen LogP contribution < -0.4 is 4.74 Å². The maximum Gasteiger partial charge on any atom is 0.410 e. The summed E-state index contributed by atoms with van der Waals surface area (Å²) in [6.45, 7) is 2.61. The Hall–Kier alpha value is -2.49. The number of amides is 1. The largest absolute Gasteiger partial charge is 0.489 e. The Morgan fingerprint density at radius 2 is 1.79 bits per heavy atom. The molecule has 0 aliphatic carbocycles. The molecule has 0 unspecified atom stereocenters. The molecule has 1 fully saturated rings. The Labute approximate surface area is 143 Å². The first-order valence-electron chi connectivity index (χ1n) is 8.32. The fourth-order valence-electron chi connectivity index (χ4n) is 3.25. The van der Waals surface area contributed by atoms with Gasteiger partial charge in [0.1, 0.15) is 12.4 Å². The number of nitrogens with zero attached hydrogens (tertiary/aromatic N) is 1. The molecule has 1 amide bonds. The van der Waals surface area contributed by atoms with Crippen molar-refractivity contribution in [3.63, 3.8) is 0 Å². The lowest BCUT2D eigenvalue weighted by Crippen LogP contribution is -2.35. The molecule has 0 saturated carbocycles. The van der Waals surface area contributed by atoms with E-state index < -0.39 is 0 Å². The smallest absolute Gasteiger partial charge is 0.410 e. The van der Waals surface area contributed by atoms with Crippen molar-refractivity contribution >= 4 is 6.09 Å². The lowest BCUT2D eigenvalue weighted by Gasteiger charge is -2.27. The minimum absolute atomic E-state index is 0.0793. The molecule has 1 saturated heterocycles. The van der Waals surface area contributed by atoms with Gasteiger partial charge in [0.05, 0.1) is 13.2 Å². The summed E-state index contributed by atoms with van der Waals surface area (Å²) in [5, 5.41) is 0. The highest BCUT2D eigenvalue weighted by Gasteiger charge is 2.35. The lowest BCUT2D eigenvalue weighted by molar-refractivity contribution is 0.105. The number of methoxy groups -OCH3 is 1. The van der Waals surface area contributed by atoms with E-state index in [4.69, 9.17) is 9.47 Å². The first kappa shape index (κ1) is 16.4. The van der Waals surface area contributed by atoms with E-state index in [0.717, 1.165) is 29.7 Å². The summed E-state index contributed by atoms with van der Waals surface area (Å²) < 4.78 is 10.8. The first-order chi connectivity index (χ1) is 11.7. The molecule has 0 bridgehead atoms. The molecule has 1 heterocycles. The second kappa shape index (κ2) is 7.39. The third-order valence-electron chi connectivity index (χ3n) is 4.57. The second-order valence-corrected chi connectivity index (χ2v) is 6.16. The van der Waals surface area contributed by atoms with E-state index in [1.807, 2.05) is 59.5 Å². The molecule has 0 radical (unpaired) electrons. The summed E-state index contributed by atoms with van der Waals surface area (Å²) in [7, 11) is 1.44. The Kier molecular flexibility index (Phi) is 5.04. The van der Waals surface area contributed by atoms with E-state index in [0.29, 0.717) is 6.61 Å². The number of rotatable bonds is 4. The van der Waals surface area contributed by atoms with Crippen LogP contribution in [0.15, 0.2) is 54.6 Å². The van der Waals surface area contributed by atoms with Gasteiger partial charge >= 0.3 is 6.09 Å². The molecule has 0 aromatic heterocycles. The Bertz CT molecular complexity index is 669. The predicted octanol–water partition coefficient (Wildman–Crippen LogP) is 4.56. The molecular weight excluding hydrogens is 302 g/mol. The minimum Gasteiger partial charge on any atom is -0.489 e. The molecule has 4 nitrogen and oxygen atoms in total. The predicted molar refractivity (Wildman–Crippen MR) is 92.9 cm³/mol. The van der Waals surface area contributed by atoms with Gasteiger partial charge in [0.2, 0.25) is 0 Å². The van der Waals surface area contributed by atoms with Gasteiger partial charge in [0.25, 0.3) is 0 Å². The van der Waals surface area contributed by atoms with Crippen LogP contribution in [0.5, 0.6) is 5.75 Å². The number of benzene rings is 2. The van der Waals surface area contributed by atoms with Crippen molar-refractivity contribution < 1.29 is 14.3 Å². The fraction of sp³-hybridized carbons (Fsp3) is 0.350. The number of carbonyl (C=O) groups excluding carboxylic acids is 1. The molecule has 1 aliphatic rings. The fourth-order valence-corrected chi connectivity index (χ4v) is 3.25. The van der Waals surface area contributed by atoms with Gasteiger partial charge in [-0.25, -0.2) is 4.79 Å². The minimum atomic E-state index is -0.255. The van der Waals surface area contributed by atoms with Gasteiger partial charge in [-0.05, 0) is 43.0 Å². The van der Waals surface area contributed by atoms with Crippen LogP contribution in [0.1, 0.15) is 36.9 Å². The monoisotopic (exact) mass is 325 g/mol. The summed E-state index contributed by atoms with van der Waals surface area (Å²) >= 11 is 0. The van der Waals surface area contributed by atoms with E-state index in [-0.39, 0.29) is 18.2 Å². The first-order valence-corrected chi connectivity index (χ1v) is 8.32. The lowest BCUT2D eigenvalue weighted by atomic mass is 10.0. The molecule has 2 aromatic carbocycles. The number of hydrogen-bond donors (Lipinski definition) is 0. The third kappa shape index (κ3) is 3.53. The number of carbonyl (C=O) groups is 1. The Morgan fingerprint density at radius 3 is 2.46 bits per heavy atom. The van der Waals surface area contributed by atoms with E-state index in [9.17, 15) is 4.79 Å². The molecule has 1 aliphatic heterocycles. The third-order valence-corrected chi connectivity index (χ3v) is 4.57. The summed E-state index contributed by atoms with van der Waals surface area (Å²) in [5.41, 5.74) is 2.26. The quantitative estimate of drug-likeness (QED) is 0.827. The highest BCUT2D eigenvalue weighted by Crippen LogP contribution is 2.36. The standard InChI is InChI=1S/C20H23NO3/c1-15-8-13-19(21(15)20(22)23-2)17-9-11-18(12-10-17)24-14-16-6-4-3-5-7-16/h3-7,9-12,15,19H,8,13-14H2,1-2H3/t15-,19-/m1/s1. The van der Waals surface area contributed by atoms with Gasteiger partial charge in [0, 0.05) is 6.04 Å². The summed E-state index contributed by atoms with van der Waals surface area (Å²) in [6, 6.07) is 18.4. The SMILES string of the molecule is COC(=O)N1[C@H](C)CC[C@@H]1c1ccc(OCc2ccccc2)cc1. The highest BCUT2D eigenvalue weighted by molar-refractivity contribution is 5.69. The molecule has 3 rings (SSSR count). The van der Waals surface area contributed by atoms with Gasteiger partial charge in [-0.2, -0.15) is 0 Å². The van der Waals surface area contributed by atoms with Crippen molar-refractivity contribution in [1.29, 1.82) is 0 Å². The van der Waals surface area contributed by atoms with Crippen molar-refractivity contribution in [3.05, 3.63) is 65.7 Å². The second-order valence-electron chi connectivity index (χ2n) is 6.16. The molecule has 24 heavy (non-hydrogen) atoms. The molecule has 0 N–H and O–H groups in total. The van der Waals surface area contributed by atoms with Crippen molar-refractivity contribution in [2.24, 2.45) is 0 Å². The molecule has 0 spiro atoms. The molecule has 4 heteroatoms. The number of likely N-dealkylation sites (tertiary alicyclic amines) is 1. The van der Waals surface area contributed by atoms with E-state index in [2.05, 4.69) is 6.92 Å². The van der Waals surface area contributed by atoms with E-state index in [1.54, 1.807) is 0 Å². The maximum absolute atomic E-state index is 12.0. The Balaban J connectivity index is 1.66. The van der Waals surface area contributed by atoms with Crippen LogP contribution in [0.25, 0.3) is 0 Å². The van der Waals surface area contributed by atoms with Crippen molar-refractivity contribution in [2.75, 3.05) is 7.11 Å². The normalized spacial score (nSPS) is 20.0. The van der Waals surface area contributed by atoms with Crippen LogP contribution in [0.2, 0.25) is 0 Å². The van der Waals surface area contributed by atoms with Crippen LogP contribution in [-0.4, -0.2) is 24.1 Å². The zero-order valence-corrected chi connectivity index (χ0v) is 14.1. The molecule has 2 atom stereocenters. The van der Waals surface area contributed by atoms with Crippen molar-refractivity contribution in [1.82, 2.24) is 4.90 Å². The maximum atomic E-state index is 12.0. The summed E-state index contributed by atoms with van der Waals surface area (Å²) in [5.74, 6) is 0.832. The molecule has 126 valence electrons. The van der Waals surface area contributed by atoms with Gasteiger partial charge in [-0.15, -0.1) is 0 Å². The van der Waals surface area contributed by atoms with Crippen LogP contribution in [0.3, 0.4) is 0 Å². The van der Waals surface area contributed by atoms with Gasteiger partial charge in [-0.1, -0.05) is 42.5 Å². The molecular formula is C20H23NO3. The average Bonchev–Trinajstić information content (AvgIpc) is 3.02. The van der Waals surface area contributed by atoms with Crippen LogP contribution >= 0.6 is 0 Å². The number of hydrogen-bond acceptors (Lipinski definition) is 3. The van der Waals surface area contributed by atoms with E-state index in [1.165, 1.54) is 7.11 Å². The van der Waals surface area contributed by atoms with Crippen LogP contribution in [0, 0.1) is 0 Å². The van der Waals surface area contributed by atoms with E-state index >= 15 is 0 Å². The van der Waals surface area contributed by atoms with Crippen LogP contribution in [0.4, 0.5) is 4.79 Å². The van der Waals surface area contributed by atoms with Gasteiger partial charge in [0.15, 0.2) is 0 Å². The van der Waals surface area contributed by atoms with Crippen molar-refractivity contribution in [2.45, 2.75) is 38.5 Å². The number of ether oxygens (including phenoxy) is 2. The average molecular weight is 325 g/mol. The topological polar surface area (TPSA) is 38.8 Å². The van der Waals surface area contributed by atoms with Gasteiger partial charge in [-0.3, -0.25) is 4.90 Å². The summed E-state index contributed by atoms with van der Waals surface area (Å²) in [4.78, 5) is 13.8. The zero-order valence-electron chi connectivity index (χ0n) is 14.1. The van der Waals surface area contributed by atoms with Gasteiger partial charge < -0.3 is 9.47 Å². The highest BCUT2D eigenvalue weighted by atomic mass is 16.5. The zero-order chi connectivity index (χ0) is 16.9. The van der Waals surface area contributed by atoms with Crippen LogP contribution in [-0.2, 0) is 11.3 Å². The Morgan fingerprint density at radius 1 is 1.08 bits per heavy atom.